The molecule has 0 saturated heterocycles. The summed E-state index contributed by atoms with van der Waals surface area (Å²) in [6.07, 6.45) is 3.66. The molecular formula is C16H21N3O2. The van der Waals surface area contributed by atoms with Crippen molar-refractivity contribution in [2.24, 2.45) is 11.8 Å². The van der Waals surface area contributed by atoms with E-state index < -0.39 is 0 Å². The fourth-order valence-electron chi connectivity index (χ4n) is 3.50. The van der Waals surface area contributed by atoms with E-state index in [9.17, 15) is 9.59 Å². The average Bonchev–Trinajstić information content (AvgIpc) is 2.47. The molecular weight excluding hydrogens is 266 g/mol. The zero-order valence-electron chi connectivity index (χ0n) is 12.4. The summed E-state index contributed by atoms with van der Waals surface area (Å²) in [4.78, 5) is 23.9. The predicted molar refractivity (Wildman–Crippen MR) is 84.8 cm³/mol. The second-order valence-electron chi connectivity index (χ2n) is 6.19. The molecule has 0 bridgehead atoms. The molecule has 1 heterocycles. The Morgan fingerprint density at radius 1 is 1.05 bits per heavy atom. The summed E-state index contributed by atoms with van der Waals surface area (Å²) in [6.45, 7) is 4.49. The molecule has 112 valence electrons. The van der Waals surface area contributed by atoms with Gasteiger partial charge in [0.25, 0.3) is 11.1 Å². The van der Waals surface area contributed by atoms with Gasteiger partial charge in [-0.05, 0) is 36.8 Å². The highest BCUT2D eigenvalue weighted by Crippen LogP contribution is 2.32. The van der Waals surface area contributed by atoms with Crippen molar-refractivity contribution in [2.45, 2.75) is 39.2 Å². The molecule has 3 N–H and O–H groups in total. The lowest BCUT2D eigenvalue weighted by Gasteiger charge is -2.36. The van der Waals surface area contributed by atoms with E-state index in [1.165, 1.54) is 19.3 Å². The van der Waals surface area contributed by atoms with Crippen molar-refractivity contribution in [1.29, 1.82) is 0 Å². The van der Waals surface area contributed by atoms with Crippen LogP contribution in [0.3, 0.4) is 0 Å². The molecule has 0 amide bonds. The fourth-order valence-corrected chi connectivity index (χ4v) is 3.50. The minimum absolute atomic E-state index is 0.260. The van der Waals surface area contributed by atoms with E-state index in [2.05, 4.69) is 29.4 Å². The third-order valence-corrected chi connectivity index (χ3v) is 4.69. The lowest BCUT2D eigenvalue weighted by Crippen LogP contribution is -2.37. The largest absolute Gasteiger partial charge is 0.381 e. The normalized spacial score (nSPS) is 25.9. The van der Waals surface area contributed by atoms with Gasteiger partial charge < -0.3 is 5.32 Å². The topological polar surface area (TPSA) is 77.8 Å². The third kappa shape index (κ3) is 2.48. The molecule has 0 spiro atoms. The highest BCUT2D eigenvalue weighted by Gasteiger charge is 2.28. The first-order valence-corrected chi connectivity index (χ1v) is 7.58. The number of aromatic amines is 2. The highest BCUT2D eigenvalue weighted by molar-refractivity contribution is 5.92. The number of rotatable bonds is 2. The van der Waals surface area contributed by atoms with Crippen LogP contribution in [0.5, 0.6) is 0 Å². The van der Waals surface area contributed by atoms with Gasteiger partial charge in [-0.1, -0.05) is 26.3 Å². The quantitative estimate of drug-likeness (QED) is 0.794. The van der Waals surface area contributed by atoms with E-state index in [0.29, 0.717) is 28.7 Å². The van der Waals surface area contributed by atoms with Crippen molar-refractivity contribution in [1.82, 2.24) is 10.2 Å². The molecule has 1 saturated carbocycles. The molecule has 3 rings (SSSR count). The third-order valence-electron chi connectivity index (χ3n) is 4.69. The average molecular weight is 287 g/mol. The van der Waals surface area contributed by atoms with Crippen LogP contribution in [0.2, 0.25) is 0 Å². The Kier molecular flexibility index (Phi) is 3.57. The van der Waals surface area contributed by atoms with Crippen LogP contribution in [0, 0.1) is 11.8 Å². The van der Waals surface area contributed by atoms with Gasteiger partial charge in [-0.3, -0.25) is 19.8 Å². The first-order valence-electron chi connectivity index (χ1n) is 7.58. The molecule has 2 unspecified atom stereocenters. The number of nitrogens with one attached hydrogen (secondary N) is 3. The first kappa shape index (κ1) is 13.9. The lowest BCUT2D eigenvalue weighted by atomic mass is 9.78. The SMILES string of the molecule is CC1CCCC(C)C1Nc1cccc2c(=O)[nH][nH]c(=O)c12. The minimum Gasteiger partial charge on any atom is -0.381 e. The zero-order chi connectivity index (χ0) is 15.0. The minimum atomic E-state index is -0.266. The van der Waals surface area contributed by atoms with Crippen LogP contribution in [-0.4, -0.2) is 16.2 Å². The fraction of sp³-hybridized carbons (Fsp3) is 0.500. The second-order valence-corrected chi connectivity index (χ2v) is 6.19. The molecule has 21 heavy (non-hydrogen) atoms. The molecule has 5 nitrogen and oxygen atoms in total. The van der Waals surface area contributed by atoms with Crippen LogP contribution in [0.1, 0.15) is 33.1 Å². The molecule has 1 aliphatic rings. The van der Waals surface area contributed by atoms with Crippen LogP contribution in [0.25, 0.3) is 10.8 Å². The van der Waals surface area contributed by atoms with E-state index in [0.717, 1.165) is 5.69 Å². The molecule has 2 atom stereocenters. The number of fused-ring (bicyclic) bond motifs is 1. The summed E-state index contributed by atoms with van der Waals surface area (Å²) in [6, 6.07) is 5.72. The summed E-state index contributed by atoms with van der Waals surface area (Å²) >= 11 is 0. The molecule has 5 heteroatoms. The summed E-state index contributed by atoms with van der Waals surface area (Å²) in [5.41, 5.74) is 0.229. The standard InChI is InChI=1S/C16H21N3O2/c1-9-5-3-6-10(2)14(9)17-12-8-4-7-11-13(12)16(21)19-18-15(11)20/h4,7-10,14,17H,3,5-6H2,1-2H3,(H,18,20)(H,19,21). The first-order chi connectivity index (χ1) is 10.1. The van der Waals surface area contributed by atoms with Crippen LogP contribution in [0.4, 0.5) is 5.69 Å². The maximum atomic E-state index is 12.1. The van der Waals surface area contributed by atoms with Crippen molar-refractivity contribution in [3.63, 3.8) is 0 Å². The van der Waals surface area contributed by atoms with E-state index >= 15 is 0 Å². The van der Waals surface area contributed by atoms with E-state index in [-0.39, 0.29) is 11.1 Å². The molecule has 1 aromatic heterocycles. The predicted octanol–water partition coefficient (Wildman–Crippen LogP) is 2.45. The van der Waals surface area contributed by atoms with Crippen LogP contribution in [0.15, 0.2) is 27.8 Å². The second kappa shape index (κ2) is 5.39. The van der Waals surface area contributed by atoms with E-state index in [1.54, 1.807) is 6.07 Å². The van der Waals surface area contributed by atoms with Gasteiger partial charge in [-0.15, -0.1) is 0 Å². The molecule has 0 aliphatic heterocycles. The van der Waals surface area contributed by atoms with Gasteiger partial charge in [0.15, 0.2) is 0 Å². The Bertz CT molecular complexity index is 752. The van der Waals surface area contributed by atoms with Gasteiger partial charge in [0.05, 0.1) is 10.8 Å². The summed E-state index contributed by atoms with van der Waals surface area (Å²) in [5.74, 6) is 1.12. The lowest BCUT2D eigenvalue weighted by molar-refractivity contribution is 0.268. The van der Waals surface area contributed by atoms with Gasteiger partial charge in [-0.2, -0.15) is 0 Å². The maximum Gasteiger partial charge on any atom is 0.272 e. The summed E-state index contributed by atoms with van der Waals surface area (Å²) in [5, 5.41) is 9.18. The van der Waals surface area contributed by atoms with Crippen molar-refractivity contribution in [2.75, 3.05) is 5.32 Å². The summed E-state index contributed by atoms with van der Waals surface area (Å²) in [7, 11) is 0. The maximum absolute atomic E-state index is 12.1. The number of hydrogen-bond acceptors (Lipinski definition) is 3. The van der Waals surface area contributed by atoms with Gasteiger partial charge in [0.1, 0.15) is 0 Å². The molecule has 0 radical (unpaired) electrons. The van der Waals surface area contributed by atoms with Gasteiger partial charge in [0.2, 0.25) is 0 Å². The number of H-pyrrole nitrogens is 2. The number of benzene rings is 1. The van der Waals surface area contributed by atoms with Crippen LogP contribution < -0.4 is 16.4 Å². The van der Waals surface area contributed by atoms with Crippen LogP contribution in [-0.2, 0) is 0 Å². The Hall–Kier alpha value is -2.04. The number of hydrogen-bond donors (Lipinski definition) is 3. The van der Waals surface area contributed by atoms with Crippen molar-refractivity contribution in [3.05, 3.63) is 38.9 Å². The number of anilines is 1. The van der Waals surface area contributed by atoms with Crippen molar-refractivity contribution >= 4 is 16.5 Å². The van der Waals surface area contributed by atoms with Gasteiger partial charge >= 0.3 is 0 Å². The Balaban J connectivity index is 2.07. The molecule has 1 aromatic carbocycles. The van der Waals surface area contributed by atoms with Crippen molar-refractivity contribution in [3.8, 4) is 0 Å². The Morgan fingerprint density at radius 2 is 1.71 bits per heavy atom. The monoisotopic (exact) mass is 287 g/mol. The van der Waals surface area contributed by atoms with E-state index in [4.69, 9.17) is 0 Å². The highest BCUT2D eigenvalue weighted by atomic mass is 16.1. The van der Waals surface area contributed by atoms with Gasteiger partial charge in [-0.25, -0.2) is 0 Å². The molecule has 1 aliphatic carbocycles. The smallest absolute Gasteiger partial charge is 0.272 e. The Morgan fingerprint density at radius 3 is 2.43 bits per heavy atom. The molecule has 2 aromatic rings. The Labute approximate surface area is 122 Å². The summed E-state index contributed by atoms with van der Waals surface area (Å²) < 4.78 is 0. The zero-order valence-corrected chi connectivity index (χ0v) is 12.4. The molecule has 1 fully saturated rings. The van der Waals surface area contributed by atoms with E-state index in [1.807, 2.05) is 12.1 Å². The van der Waals surface area contributed by atoms with Gasteiger partial charge in [0, 0.05) is 11.7 Å². The van der Waals surface area contributed by atoms with Crippen LogP contribution >= 0.6 is 0 Å². The van der Waals surface area contributed by atoms with Crippen molar-refractivity contribution < 1.29 is 0 Å². The number of aromatic nitrogens is 2.